The molecule has 0 aromatic heterocycles. The summed E-state index contributed by atoms with van der Waals surface area (Å²) in [5, 5.41) is 0. The molecule has 0 radical (unpaired) electrons. The van der Waals surface area contributed by atoms with E-state index in [1.807, 2.05) is 11.1 Å². The molecule has 2 fully saturated rings. The SMILES string of the molecule is C[CH2][Hf](=[SiH2])([CH2]C)([CH]1CCC2CC=CC=C21)[CH]1CCC2CC=CC=C21.Cl.Cl. The van der Waals surface area contributed by atoms with Crippen LogP contribution in [0.2, 0.25) is 15.7 Å². The molecule has 0 N–H and O–H groups in total. The average Bonchev–Trinajstić information content (AvgIpc) is 3.26. The van der Waals surface area contributed by atoms with Gasteiger partial charge in [0.15, 0.2) is 0 Å². The molecule has 0 nitrogen and oxygen atoms in total. The van der Waals surface area contributed by atoms with Crippen LogP contribution in [0.1, 0.15) is 52.4 Å². The molecule has 0 heterocycles. The van der Waals surface area contributed by atoms with Crippen LogP contribution in [0, 0.1) is 11.8 Å². The molecule has 2 saturated carbocycles. The Labute approximate surface area is 175 Å². The predicted molar refractivity (Wildman–Crippen MR) is 121 cm³/mol. The number of hydrogen-bond acceptors (Lipinski definition) is 0. The average molecular weight is 578 g/mol. The van der Waals surface area contributed by atoms with Crippen LogP contribution in [0.5, 0.6) is 0 Å². The van der Waals surface area contributed by atoms with Crippen LogP contribution in [0.25, 0.3) is 0 Å². The minimum Gasteiger partial charge on any atom is -0.147 e. The van der Waals surface area contributed by atoms with Gasteiger partial charge in [0, 0.05) is 0 Å². The molecule has 0 spiro atoms. The minimum absolute atomic E-state index is 0. The van der Waals surface area contributed by atoms with E-state index in [2.05, 4.69) is 57.2 Å². The molecule has 4 aliphatic rings. The first-order chi connectivity index (χ1) is 11.6. The molecular weight excluding hydrogens is 542 g/mol. The molecule has 0 aliphatic heterocycles. The molecule has 0 aromatic rings. The molecule has 4 unspecified atom stereocenters. The maximum Gasteiger partial charge on any atom is -0.147 e. The van der Waals surface area contributed by atoms with Crippen molar-refractivity contribution in [2.75, 3.05) is 0 Å². The van der Waals surface area contributed by atoms with Gasteiger partial charge in [-0.15, -0.1) is 24.8 Å². The van der Waals surface area contributed by atoms with Gasteiger partial charge < -0.3 is 0 Å². The molecule has 4 heteroatoms. The first-order valence-electron chi connectivity index (χ1n) is 10.4. The Morgan fingerprint density at radius 2 is 1.23 bits per heavy atom. The molecule has 0 aromatic carbocycles. The monoisotopic (exact) mass is 578 g/mol. The number of halogens is 2. The summed E-state index contributed by atoms with van der Waals surface area (Å²) in [6.07, 6.45) is 23.3. The Kier molecular flexibility index (Phi) is 7.54. The zero-order valence-electron chi connectivity index (χ0n) is 16.5. The maximum absolute atomic E-state index is 3.02. The van der Waals surface area contributed by atoms with Crippen molar-refractivity contribution in [3.63, 3.8) is 0 Å². The van der Waals surface area contributed by atoms with E-state index in [1.165, 1.54) is 38.5 Å². The normalized spacial score (nSPS) is 32.7. The summed E-state index contributed by atoms with van der Waals surface area (Å²) in [5.41, 5.74) is 3.81. The fourth-order valence-electron chi connectivity index (χ4n) is 6.98. The Bertz CT molecular complexity index is 656. The fraction of sp³-hybridized carbons (Fsp3) is 0.636. The van der Waals surface area contributed by atoms with Crippen LogP contribution in [0.4, 0.5) is 0 Å². The second-order valence-corrected chi connectivity index (χ2v) is 49.5. The van der Waals surface area contributed by atoms with Crippen molar-refractivity contribution in [2.45, 2.75) is 68.1 Å². The molecule has 4 rings (SSSR count). The number of fused-ring (bicyclic) bond motifs is 2. The van der Waals surface area contributed by atoms with Crippen molar-refractivity contribution in [3.8, 4) is 0 Å². The van der Waals surface area contributed by atoms with Crippen LogP contribution >= 0.6 is 24.8 Å². The van der Waals surface area contributed by atoms with Gasteiger partial charge in [-0.3, -0.25) is 0 Å². The maximum atomic E-state index is 2.64. The zero-order chi connectivity index (χ0) is 16.8. The second-order valence-electron chi connectivity index (χ2n) is 9.16. The van der Waals surface area contributed by atoms with Gasteiger partial charge in [-0.1, -0.05) is 0 Å². The first-order valence-corrected chi connectivity index (χ1v) is 27.9. The number of hydrogen-bond donors (Lipinski definition) is 0. The largest absolute Gasteiger partial charge is 0.147 e. The van der Waals surface area contributed by atoms with Crippen LogP contribution in [-0.2, 0) is 17.1 Å². The second kappa shape index (κ2) is 8.55. The van der Waals surface area contributed by atoms with Crippen LogP contribution in [0.15, 0.2) is 47.6 Å². The standard InChI is InChI=1S/2C9H11.2C2H5.2ClH.Hf.H2Si/c2*1-2-5-9-7-3-6-8(9)4-1;2*1-2;;;;/h2*1-2,4,6,9H,3,5,7H2;2*1H2,2H3;2*1H;;1H2. The topological polar surface area (TPSA) is 0 Å². The van der Waals surface area contributed by atoms with Crippen molar-refractivity contribution >= 4 is 31.8 Å². The fourth-order valence-corrected chi connectivity index (χ4v) is 40.5. The van der Waals surface area contributed by atoms with Gasteiger partial charge in [-0.25, -0.2) is 0 Å². The van der Waals surface area contributed by atoms with Crippen molar-refractivity contribution in [3.05, 3.63) is 47.6 Å². The Morgan fingerprint density at radius 1 is 0.808 bits per heavy atom. The van der Waals surface area contributed by atoms with Gasteiger partial charge in [-0.05, 0) is 0 Å². The third kappa shape index (κ3) is 3.29. The molecule has 26 heavy (non-hydrogen) atoms. The quantitative estimate of drug-likeness (QED) is 0.312. The van der Waals surface area contributed by atoms with E-state index in [-0.39, 0.29) is 24.8 Å². The number of allylic oxidation sites excluding steroid dienone is 8. The van der Waals surface area contributed by atoms with E-state index in [4.69, 9.17) is 0 Å². The molecule has 4 aliphatic carbocycles. The van der Waals surface area contributed by atoms with Crippen molar-refractivity contribution in [1.82, 2.24) is 0 Å². The summed E-state index contributed by atoms with van der Waals surface area (Å²) in [7, 11) is 0. The summed E-state index contributed by atoms with van der Waals surface area (Å²) >= 11 is -3.02. The van der Waals surface area contributed by atoms with E-state index >= 15 is 0 Å². The molecule has 0 saturated heterocycles. The zero-order valence-corrected chi connectivity index (χ0v) is 23.1. The molecule has 4 atom stereocenters. The molecule has 0 amide bonds. The van der Waals surface area contributed by atoms with Gasteiger partial charge in [0.1, 0.15) is 0 Å². The van der Waals surface area contributed by atoms with Crippen LogP contribution in [-0.4, -0.2) is 6.94 Å². The third-order valence-corrected chi connectivity index (χ3v) is 56.0. The molecular formula is C22H36Cl2HfSi. The predicted octanol–water partition coefficient (Wildman–Crippen LogP) is 7.11. The summed E-state index contributed by atoms with van der Waals surface area (Å²) in [6.45, 7) is 7.82. The Morgan fingerprint density at radius 3 is 1.62 bits per heavy atom. The minimum atomic E-state index is -3.02. The van der Waals surface area contributed by atoms with E-state index in [0.717, 1.165) is 19.2 Å². The smallest absolute Gasteiger partial charge is 0.147 e. The van der Waals surface area contributed by atoms with E-state index in [1.54, 1.807) is 8.35 Å². The van der Waals surface area contributed by atoms with E-state index < -0.39 is 17.1 Å². The van der Waals surface area contributed by atoms with Crippen molar-refractivity contribution < 1.29 is 17.1 Å². The van der Waals surface area contributed by atoms with Gasteiger partial charge in [0.25, 0.3) is 0 Å². The van der Waals surface area contributed by atoms with Crippen LogP contribution < -0.4 is 0 Å². The first kappa shape index (κ1) is 22.9. The summed E-state index contributed by atoms with van der Waals surface area (Å²) in [4.78, 5) is 0. The summed E-state index contributed by atoms with van der Waals surface area (Å²) in [6, 6.07) is 0. The number of rotatable bonds is 4. The Hall–Kier alpha value is 0.627. The van der Waals surface area contributed by atoms with Gasteiger partial charge in [-0.2, -0.15) is 0 Å². The van der Waals surface area contributed by atoms with E-state index in [9.17, 15) is 0 Å². The third-order valence-electron chi connectivity index (χ3n) is 8.74. The summed E-state index contributed by atoms with van der Waals surface area (Å²) < 4.78 is 5.12. The van der Waals surface area contributed by atoms with Crippen molar-refractivity contribution in [1.29, 1.82) is 0 Å². The van der Waals surface area contributed by atoms with Crippen LogP contribution in [0.3, 0.4) is 0 Å². The van der Waals surface area contributed by atoms with E-state index in [0.29, 0.717) is 0 Å². The van der Waals surface area contributed by atoms with Gasteiger partial charge in [0.05, 0.1) is 0 Å². The Balaban J connectivity index is 0.00000121. The molecule has 146 valence electrons. The molecule has 0 bridgehead atoms. The van der Waals surface area contributed by atoms with Gasteiger partial charge in [0.2, 0.25) is 0 Å². The summed E-state index contributed by atoms with van der Waals surface area (Å²) in [5.74, 6) is 1.80. The van der Waals surface area contributed by atoms with Gasteiger partial charge >= 0.3 is 152 Å². The van der Waals surface area contributed by atoms with Crippen molar-refractivity contribution in [2.24, 2.45) is 11.8 Å².